The Bertz CT molecular complexity index is 2580. The average molecular weight is 632 g/mol. The highest BCUT2D eigenvalue weighted by atomic mass is 15.1. The predicted molar refractivity (Wildman–Crippen MR) is 210 cm³/mol. The number of benzene rings is 6. The molecule has 236 valence electrons. The van der Waals surface area contributed by atoms with Gasteiger partial charge in [0.2, 0.25) is 0 Å². The molecule has 9 aromatic rings. The normalized spacial score (nSPS) is 12.1. The van der Waals surface area contributed by atoms with E-state index in [1.54, 1.807) is 0 Å². The van der Waals surface area contributed by atoms with Gasteiger partial charge in [-0.05, 0) is 86.4 Å². The molecule has 0 atom stereocenters. The predicted octanol–water partition coefficient (Wildman–Crippen LogP) is 12.3. The Morgan fingerprint density at radius 3 is 1.06 bits per heavy atom. The van der Waals surface area contributed by atoms with Gasteiger partial charge in [0.1, 0.15) is 0 Å². The van der Waals surface area contributed by atoms with E-state index in [1.807, 2.05) is 6.08 Å². The third kappa shape index (κ3) is 4.02. The molecule has 0 aliphatic heterocycles. The van der Waals surface area contributed by atoms with E-state index in [-0.39, 0.29) is 0 Å². The van der Waals surface area contributed by atoms with Crippen molar-refractivity contribution in [3.8, 4) is 17.1 Å². The fourth-order valence-corrected chi connectivity index (χ4v) is 8.53. The lowest BCUT2D eigenvalue weighted by molar-refractivity contribution is 0.996. The van der Waals surface area contributed by atoms with Crippen molar-refractivity contribution < 1.29 is 0 Å². The van der Waals surface area contributed by atoms with Gasteiger partial charge in [-0.25, -0.2) is 0 Å². The lowest BCUT2D eigenvalue weighted by Crippen LogP contribution is -2.13. The Kier molecular flexibility index (Phi) is 6.53. The van der Waals surface area contributed by atoms with Crippen molar-refractivity contribution >= 4 is 60.6 Å². The molecule has 0 aliphatic carbocycles. The Hall–Kier alpha value is -6.06. The van der Waals surface area contributed by atoms with Crippen molar-refractivity contribution in [1.29, 1.82) is 0 Å². The quantitative estimate of drug-likeness (QED) is 0.168. The maximum absolute atomic E-state index is 4.02. The fraction of sp³-hybridized carbons (Fsp3) is 0.0870. The van der Waals surface area contributed by atoms with E-state index >= 15 is 0 Å². The van der Waals surface area contributed by atoms with Crippen molar-refractivity contribution in [3.05, 3.63) is 168 Å². The minimum Gasteiger partial charge on any atom is -0.309 e. The van der Waals surface area contributed by atoms with Crippen LogP contribution < -0.4 is 0 Å². The molecule has 0 spiro atoms. The molecule has 0 bridgehead atoms. The van der Waals surface area contributed by atoms with Crippen molar-refractivity contribution in [3.63, 3.8) is 0 Å². The highest BCUT2D eigenvalue weighted by Crippen LogP contribution is 2.44. The molecule has 0 radical (unpaired) electrons. The Morgan fingerprint density at radius 2 is 0.694 bits per heavy atom. The molecule has 0 N–H and O–H groups in total. The minimum absolute atomic E-state index is 1.16. The third-order valence-electron chi connectivity index (χ3n) is 10.5. The van der Waals surface area contributed by atoms with Gasteiger partial charge in [0.05, 0.1) is 44.6 Å². The van der Waals surface area contributed by atoms with E-state index in [9.17, 15) is 0 Å². The van der Waals surface area contributed by atoms with Crippen molar-refractivity contribution in [2.45, 2.75) is 27.7 Å². The number of nitrogens with zero attached hydrogens (tertiary/aromatic N) is 3. The van der Waals surface area contributed by atoms with Crippen LogP contribution in [0.4, 0.5) is 0 Å². The van der Waals surface area contributed by atoms with Crippen molar-refractivity contribution in [2.75, 3.05) is 0 Å². The van der Waals surface area contributed by atoms with Gasteiger partial charge in [-0.2, -0.15) is 0 Å². The van der Waals surface area contributed by atoms with Gasteiger partial charge in [-0.3, -0.25) is 0 Å². The summed E-state index contributed by atoms with van der Waals surface area (Å²) < 4.78 is 7.50. The first-order chi connectivity index (χ1) is 24.0. The summed E-state index contributed by atoms with van der Waals surface area (Å²) in [6, 6.07) is 44.1. The van der Waals surface area contributed by atoms with E-state index in [0.29, 0.717) is 0 Å². The summed E-state index contributed by atoms with van der Waals surface area (Å²) in [5, 5.41) is 6.29. The first-order valence-corrected chi connectivity index (χ1v) is 17.0. The van der Waals surface area contributed by atoms with Crippen LogP contribution in [0.15, 0.2) is 140 Å². The Balaban J connectivity index is 1.54. The number of fused-ring (bicyclic) bond motifs is 7. The molecule has 0 saturated heterocycles. The molecule has 6 aromatic carbocycles. The van der Waals surface area contributed by atoms with Gasteiger partial charge in [-0.1, -0.05) is 110 Å². The zero-order chi connectivity index (χ0) is 33.4. The van der Waals surface area contributed by atoms with Crippen LogP contribution in [0.5, 0.6) is 0 Å². The van der Waals surface area contributed by atoms with E-state index in [1.165, 1.54) is 93.8 Å². The maximum atomic E-state index is 4.02. The molecule has 3 heterocycles. The molecule has 3 heteroatoms. The first kappa shape index (κ1) is 29.1. The van der Waals surface area contributed by atoms with Gasteiger partial charge in [-0.15, -0.1) is 0 Å². The van der Waals surface area contributed by atoms with Crippen LogP contribution in [0.1, 0.15) is 27.9 Å². The maximum Gasteiger partial charge on any atom is 0.0562 e. The largest absolute Gasteiger partial charge is 0.309 e. The number of allylic oxidation sites excluding steroid dienone is 2. The molecule has 0 saturated carbocycles. The molecular weight excluding hydrogens is 595 g/mol. The van der Waals surface area contributed by atoms with Gasteiger partial charge in [0, 0.05) is 32.6 Å². The molecule has 0 amide bonds. The second kappa shape index (κ2) is 11.0. The number of rotatable bonds is 5. The lowest BCUT2D eigenvalue weighted by atomic mass is 9.97. The number of hydrogen-bond donors (Lipinski definition) is 0. The van der Waals surface area contributed by atoms with Crippen LogP contribution in [-0.2, 0) is 0 Å². The topological polar surface area (TPSA) is 14.8 Å². The zero-order valence-corrected chi connectivity index (χ0v) is 28.3. The van der Waals surface area contributed by atoms with Gasteiger partial charge < -0.3 is 13.7 Å². The number of aryl methyl sites for hydroxylation is 1. The van der Waals surface area contributed by atoms with Gasteiger partial charge in [0.15, 0.2) is 0 Å². The van der Waals surface area contributed by atoms with E-state index in [0.717, 1.165) is 5.69 Å². The van der Waals surface area contributed by atoms with Crippen LogP contribution in [0.2, 0.25) is 0 Å². The molecular formula is C46H37N3. The summed E-state index contributed by atoms with van der Waals surface area (Å²) in [5.41, 5.74) is 15.8. The van der Waals surface area contributed by atoms with Crippen LogP contribution in [0, 0.1) is 27.7 Å². The minimum atomic E-state index is 1.16. The smallest absolute Gasteiger partial charge is 0.0562 e. The number of hydrogen-bond acceptors (Lipinski definition) is 0. The van der Waals surface area contributed by atoms with Crippen LogP contribution in [-0.4, -0.2) is 13.7 Å². The summed E-state index contributed by atoms with van der Waals surface area (Å²) in [5.74, 6) is 0. The summed E-state index contributed by atoms with van der Waals surface area (Å²) in [6.07, 6.45) is 6.13. The molecule has 3 nitrogen and oxygen atoms in total. The fourth-order valence-electron chi connectivity index (χ4n) is 8.53. The summed E-state index contributed by atoms with van der Waals surface area (Å²) in [4.78, 5) is 0. The second-order valence-electron chi connectivity index (χ2n) is 13.1. The van der Waals surface area contributed by atoms with Crippen LogP contribution in [0.3, 0.4) is 0 Å². The SMILES string of the molecule is C=C/C=C\c1c(C)c2ccccc2n1-c1c(C)c(-n2c3ccccc3c3ccccc32)c(C)c(-n2c3ccccc3c3ccccc32)c1C. The molecule has 49 heavy (non-hydrogen) atoms. The van der Waals surface area contributed by atoms with Crippen molar-refractivity contribution in [1.82, 2.24) is 13.7 Å². The van der Waals surface area contributed by atoms with Gasteiger partial charge in [0.25, 0.3) is 0 Å². The highest BCUT2D eigenvalue weighted by molar-refractivity contribution is 6.11. The summed E-state index contributed by atoms with van der Waals surface area (Å²) in [7, 11) is 0. The molecule has 3 aromatic heterocycles. The van der Waals surface area contributed by atoms with Crippen LogP contribution >= 0.6 is 0 Å². The molecule has 0 fully saturated rings. The third-order valence-corrected chi connectivity index (χ3v) is 10.5. The standard InChI is InChI=1S/C46H37N3/c1-6-7-23-38-29(2)33-18-8-13-24-39(33)47(38)44-30(3)45(48-40-25-14-9-19-34(40)35-20-10-15-26-41(35)48)32(5)46(31(44)4)49-42-27-16-11-21-36(42)37-22-12-17-28-43(37)49/h6-28H,1H2,2-5H3/b23-7-. The molecule has 0 unspecified atom stereocenters. The van der Waals surface area contributed by atoms with Crippen molar-refractivity contribution in [2.24, 2.45) is 0 Å². The number of para-hydroxylation sites is 5. The van der Waals surface area contributed by atoms with E-state index < -0.39 is 0 Å². The number of aromatic nitrogens is 3. The average Bonchev–Trinajstić information content (AvgIpc) is 3.74. The van der Waals surface area contributed by atoms with E-state index in [4.69, 9.17) is 0 Å². The Labute approximate surface area is 286 Å². The molecule has 0 aliphatic rings. The van der Waals surface area contributed by atoms with Crippen LogP contribution in [0.25, 0.3) is 77.7 Å². The highest BCUT2D eigenvalue weighted by Gasteiger charge is 2.27. The summed E-state index contributed by atoms with van der Waals surface area (Å²) in [6.45, 7) is 13.2. The van der Waals surface area contributed by atoms with Gasteiger partial charge >= 0.3 is 0 Å². The van der Waals surface area contributed by atoms with E-state index in [2.05, 4.69) is 181 Å². The first-order valence-electron chi connectivity index (χ1n) is 17.0. The zero-order valence-electron chi connectivity index (χ0n) is 28.3. The second-order valence-corrected chi connectivity index (χ2v) is 13.1. The lowest BCUT2D eigenvalue weighted by Gasteiger charge is -2.27. The molecule has 9 rings (SSSR count). The Morgan fingerprint density at radius 1 is 0.388 bits per heavy atom. The monoisotopic (exact) mass is 631 g/mol. The summed E-state index contributed by atoms with van der Waals surface area (Å²) >= 11 is 0.